The van der Waals surface area contributed by atoms with Gasteiger partial charge in [-0.05, 0) is 31.2 Å². The Balaban J connectivity index is 1.85. The summed E-state index contributed by atoms with van der Waals surface area (Å²) < 4.78 is 7.07. The van der Waals surface area contributed by atoms with Crippen molar-refractivity contribution in [3.63, 3.8) is 0 Å². The molecule has 0 spiro atoms. The lowest BCUT2D eigenvalue weighted by molar-refractivity contribution is 0.0935. The first kappa shape index (κ1) is 14.1. The first-order valence-electron chi connectivity index (χ1n) is 6.94. The van der Waals surface area contributed by atoms with E-state index in [0.29, 0.717) is 17.1 Å². The molecule has 0 saturated heterocycles. The van der Waals surface area contributed by atoms with Gasteiger partial charge in [-0.15, -0.1) is 10.2 Å². The number of rotatable bonds is 4. The molecule has 0 aliphatic carbocycles. The predicted molar refractivity (Wildman–Crippen MR) is 81.9 cm³/mol. The summed E-state index contributed by atoms with van der Waals surface area (Å²) in [5.74, 6) is 1.01. The summed E-state index contributed by atoms with van der Waals surface area (Å²) in [5.41, 5.74) is 1.24. The number of nitrogens with zero attached hydrogens (tertiary/aromatic N) is 3. The van der Waals surface area contributed by atoms with Crippen LogP contribution < -0.4 is 10.1 Å². The van der Waals surface area contributed by atoms with Crippen LogP contribution in [0.5, 0.6) is 5.75 Å². The number of fused-ring (bicyclic) bond motifs is 1. The normalized spacial score (nSPS) is 12.1. The van der Waals surface area contributed by atoms with Gasteiger partial charge in [0, 0.05) is 6.20 Å². The zero-order chi connectivity index (χ0) is 15.5. The number of amides is 1. The fourth-order valence-corrected chi connectivity index (χ4v) is 2.33. The summed E-state index contributed by atoms with van der Waals surface area (Å²) in [6, 6.07) is 12.5. The topological polar surface area (TPSA) is 68.5 Å². The number of ether oxygens (including phenoxy) is 1. The summed E-state index contributed by atoms with van der Waals surface area (Å²) in [4.78, 5) is 12.4. The Kier molecular flexibility index (Phi) is 3.74. The van der Waals surface area contributed by atoms with Crippen LogP contribution in [0.1, 0.15) is 29.1 Å². The molecule has 112 valence electrons. The SMILES string of the molecule is COc1ccccc1C(=O)NC(C)c1nnc2ccccn12. The van der Waals surface area contributed by atoms with E-state index >= 15 is 0 Å². The smallest absolute Gasteiger partial charge is 0.255 e. The van der Waals surface area contributed by atoms with E-state index in [-0.39, 0.29) is 11.9 Å². The predicted octanol–water partition coefficient (Wildman–Crippen LogP) is 2.23. The van der Waals surface area contributed by atoms with Gasteiger partial charge in [-0.3, -0.25) is 9.20 Å². The number of pyridine rings is 1. The zero-order valence-corrected chi connectivity index (χ0v) is 12.4. The molecule has 2 heterocycles. The van der Waals surface area contributed by atoms with Gasteiger partial charge in [0.25, 0.3) is 5.91 Å². The second-order valence-electron chi connectivity index (χ2n) is 4.88. The van der Waals surface area contributed by atoms with E-state index in [2.05, 4.69) is 15.5 Å². The monoisotopic (exact) mass is 296 g/mol. The molecule has 6 nitrogen and oxygen atoms in total. The highest BCUT2D eigenvalue weighted by Crippen LogP contribution is 2.19. The number of methoxy groups -OCH3 is 1. The van der Waals surface area contributed by atoms with E-state index in [1.54, 1.807) is 25.3 Å². The summed E-state index contributed by atoms with van der Waals surface area (Å²) in [6.07, 6.45) is 1.87. The summed E-state index contributed by atoms with van der Waals surface area (Å²) in [7, 11) is 1.54. The van der Waals surface area contributed by atoms with Gasteiger partial charge < -0.3 is 10.1 Å². The van der Waals surface area contributed by atoms with Crippen molar-refractivity contribution in [2.24, 2.45) is 0 Å². The zero-order valence-electron chi connectivity index (χ0n) is 12.4. The van der Waals surface area contributed by atoms with Gasteiger partial charge in [0.05, 0.1) is 18.7 Å². The second-order valence-corrected chi connectivity index (χ2v) is 4.88. The van der Waals surface area contributed by atoms with Crippen LogP contribution in [-0.2, 0) is 0 Å². The van der Waals surface area contributed by atoms with Crippen LogP contribution in [0.25, 0.3) is 5.65 Å². The lowest BCUT2D eigenvalue weighted by Gasteiger charge is -2.14. The van der Waals surface area contributed by atoms with Gasteiger partial charge >= 0.3 is 0 Å². The fraction of sp³-hybridized carbons (Fsp3) is 0.188. The maximum absolute atomic E-state index is 12.4. The largest absolute Gasteiger partial charge is 0.496 e. The average molecular weight is 296 g/mol. The molecular formula is C16H16N4O2. The number of carbonyl (C=O) groups is 1. The lowest BCUT2D eigenvalue weighted by Crippen LogP contribution is -2.28. The third kappa shape index (κ3) is 2.50. The quantitative estimate of drug-likeness (QED) is 0.801. The van der Waals surface area contributed by atoms with Crippen molar-refractivity contribution >= 4 is 11.6 Å². The molecule has 0 aliphatic heterocycles. The van der Waals surface area contributed by atoms with Gasteiger partial charge in [-0.1, -0.05) is 18.2 Å². The maximum atomic E-state index is 12.4. The Morgan fingerprint density at radius 3 is 2.77 bits per heavy atom. The van der Waals surface area contributed by atoms with Crippen molar-refractivity contribution in [3.8, 4) is 5.75 Å². The Bertz CT molecular complexity index is 813. The van der Waals surface area contributed by atoms with Gasteiger partial charge in [0.2, 0.25) is 0 Å². The molecule has 0 bridgehead atoms. The van der Waals surface area contributed by atoms with Gasteiger partial charge in [0.1, 0.15) is 5.75 Å². The van der Waals surface area contributed by atoms with Crippen molar-refractivity contribution < 1.29 is 9.53 Å². The molecule has 1 N–H and O–H groups in total. The summed E-state index contributed by atoms with van der Waals surface area (Å²) in [6.45, 7) is 1.87. The molecule has 3 rings (SSSR count). The highest BCUT2D eigenvalue weighted by Gasteiger charge is 2.18. The Morgan fingerprint density at radius 1 is 1.18 bits per heavy atom. The summed E-state index contributed by atoms with van der Waals surface area (Å²) in [5, 5.41) is 11.2. The number of hydrogen-bond acceptors (Lipinski definition) is 4. The first-order chi connectivity index (χ1) is 10.7. The van der Waals surface area contributed by atoms with Crippen molar-refractivity contribution in [1.82, 2.24) is 19.9 Å². The van der Waals surface area contributed by atoms with E-state index in [1.165, 1.54) is 0 Å². The number of hydrogen-bond donors (Lipinski definition) is 1. The van der Waals surface area contributed by atoms with Gasteiger partial charge in [-0.25, -0.2) is 0 Å². The number of aromatic nitrogens is 3. The van der Waals surface area contributed by atoms with Crippen LogP contribution >= 0.6 is 0 Å². The molecule has 0 saturated carbocycles. The highest BCUT2D eigenvalue weighted by atomic mass is 16.5. The summed E-state index contributed by atoms with van der Waals surface area (Å²) >= 11 is 0. The molecule has 6 heteroatoms. The molecule has 1 unspecified atom stereocenters. The highest BCUT2D eigenvalue weighted by molar-refractivity contribution is 5.97. The number of carbonyl (C=O) groups excluding carboxylic acids is 1. The molecule has 0 aliphatic rings. The second kappa shape index (κ2) is 5.85. The Morgan fingerprint density at radius 2 is 1.95 bits per heavy atom. The van der Waals surface area contributed by atoms with Crippen LogP contribution in [0.3, 0.4) is 0 Å². The van der Waals surface area contributed by atoms with Crippen LogP contribution in [0.15, 0.2) is 48.7 Å². The molecular weight excluding hydrogens is 280 g/mol. The average Bonchev–Trinajstić information content (AvgIpc) is 2.98. The molecule has 0 radical (unpaired) electrons. The molecule has 2 aromatic heterocycles. The molecule has 0 fully saturated rings. The van der Waals surface area contributed by atoms with Crippen molar-refractivity contribution in [1.29, 1.82) is 0 Å². The number of nitrogens with one attached hydrogen (secondary N) is 1. The van der Waals surface area contributed by atoms with Crippen LogP contribution in [0.2, 0.25) is 0 Å². The maximum Gasteiger partial charge on any atom is 0.255 e. The third-order valence-corrected chi connectivity index (χ3v) is 3.43. The van der Waals surface area contributed by atoms with E-state index in [1.807, 2.05) is 41.8 Å². The van der Waals surface area contributed by atoms with E-state index in [4.69, 9.17) is 4.74 Å². The van der Waals surface area contributed by atoms with Crippen molar-refractivity contribution in [3.05, 3.63) is 60.0 Å². The molecule has 3 aromatic rings. The molecule has 1 aromatic carbocycles. The minimum Gasteiger partial charge on any atom is -0.496 e. The Hall–Kier alpha value is -2.89. The van der Waals surface area contributed by atoms with Crippen LogP contribution in [0.4, 0.5) is 0 Å². The first-order valence-corrected chi connectivity index (χ1v) is 6.94. The third-order valence-electron chi connectivity index (χ3n) is 3.43. The molecule has 1 atom stereocenters. The van der Waals surface area contributed by atoms with E-state index in [9.17, 15) is 4.79 Å². The van der Waals surface area contributed by atoms with Crippen molar-refractivity contribution in [2.75, 3.05) is 7.11 Å². The minimum atomic E-state index is -0.283. The van der Waals surface area contributed by atoms with Gasteiger partial charge in [0.15, 0.2) is 11.5 Å². The molecule has 22 heavy (non-hydrogen) atoms. The van der Waals surface area contributed by atoms with Crippen LogP contribution in [0, 0.1) is 0 Å². The minimum absolute atomic E-state index is 0.211. The Labute approximate surface area is 127 Å². The fourth-order valence-electron chi connectivity index (χ4n) is 2.33. The number of para-hydroxylation sites is 1. The van der Waals surface area contributed by atoms with E-state index < -0.39 is 0 Å². The van der Waals surface area contributed by atoms with Gasteiger partial charge in [-0.2, -0.15) is 0 Å². The lowest BCUT2D eigenvalue weighted by atomic mass is 10.1. The van der Waals surface area contributed by atoms with Crippen molar-refractivity contribution in [2.45, 2.75) is 13.0 Å². The van der Waals surface area contributed by atoms with E-state index in [0.717, 1.165) is 5.65 Å². The standard InChI is InChI=1S/C16H16N4O2/c1-11(15-19-18-14-9-5-6-10-20(14)15)17-16(21)12-7-3-4-8-13(12)22-2/h3-11H,1-2H3,(H,17,21). The molecule has 1 amide bonds. The van der Waals surface area contributed by atoms with Crippen LogP contribution in [-0.4, -0.2) is 27.6 Å². The number of benzene rings is 1.